The van der Waals surface area contributed by atoms with Gasteiger partial charge in [-0.1, -0.05) is 31.5 Å². The zero-order valence-electron chi connectivity index (χ0n) is 11.2. The van der Waals surface area contributed by atoms with Gasteiger partial charge in [-0.05, 0) is 42.4 Å². The van der Waals surface area contributed by atoms with E-state index in [0.29, 0.717) is 11.3 Å². The molecule has 0 N–H and O–H groups in total. The lowest BCUT2D eigenvalue weighted by molar-refractivity contribution is 0.301. The van der Waals surface area contributed by atoms with Crippen molar-refractivity contribution < 1.29 is 0 Å². The topological polar surface area (TPSA) is 3.24 Å². The standard InChI is InChI=1S/C15H21Cl2N/c1-3-15(4-2)7-8-18(11-15)14-6-5-12(10-16)9-13(14)17/h5-6,9H,3-4,7-8,10-11H2,1-2H3. The molecule has 1 aliphatic heterocycles. The van der Waals surface area contributed by atoms with Crippen LogP contribution in [-0.2, 0) is 5.88 Å². The predicted molar refractivity (Wildman–Crippen MR) is 80.9 cm³/mol. The second-order valence-corrected chi connectivity index (χ2v) is 5.97. The van der Waals surface area contributed by atoms with Crippen LogP contribution in [-0.4, -0.2) is 13.1 Å². The molecule has 100 valence electrons. The van der Waals surface area contributed by atoms with Crippen molar-refractivity contribution >= 4 is 28.9 Å². The Hall–Kier alpha value is -0.400. The van der Waals surface area contributed by atoms with Gasteiger partial charge in [-0.3, -0.25) is 0 Å². The van der Waals surface area contributed by atoms with Gasteiger partial charge in [0.25, 0.3) is 0 Å². The van der Waals surface area contributed by atoms with Crippen LogP contribution in [0.25, 0.3) is 0 Å². The van der Waals surface area contributed by atoms with Crippen LogP contribution in [0.1, 0.15) is 38.7 Å². The van der Waals surface area contributed by atoms with E-state index in [1.54, 1.807) is 0 Å². The number of benzene rings is 1. The summed E-state index contributed by atoms with van der Waals surface area (Å²) < 4.78 is 0. The molecule has 0 bridgehead atoms. The third kappa shape index (κ3) is 2.62. The Kier molecular flexibility index (Phi) is 4.45. The van der Waals surface area contributed by atoms with Crippen LogP contribution in [0.5, 0.6) is 0 Å². The first-order valence-electron chi connectivity index (χ1n) is 6.73. The van der Waals surface area contributed by atoms with E-state index in [1.807, 2.05) is 6.07 Å². The van der Waals surface area contributed by atoms with Gasteiger partial charge in [0.15, 0.2) is 0 Å². The Morgan fingerprint density at radius 2 is 2.00 bits per heavy atom. The molecule has 0 aliphatic carbocycles. The van der Waals surface area contributed by atoms with Crippen molar-refractivity contribution in [1.29, 1.82) is 0 Å². The van der Waals surface area contributed by atoms with Gasteiger partial charge < -0.3 is 4.90 Å². The Labute approximate surface area is 120 Å². The molecule has 1 nitrogen and oxygen atoms in total. The number of hydrogen-bond acceptors (Lipinski definition) is 1. The molecule has 0 spiro atoms. The maximum atomic E-state index is 6.37. The van der Waals surface area contributed by atoms with Crippen LogP contribution in [0.15, 0.2) is 18.2 Å². The Balaban J connectivity index is 2.19. The van der Waals surface area contributed by atoms with Crippen molar-refractivity contribution in [3.05, 3.63) is 28.8 Å². The molecule has 0 atom stereocenters. The summed E-state index contributed by atoms with van der Waals surface area (Å²) in [5.74, 6) is 0.522. The fourth-order valence-corrected chi connectivity index (χ4v) is 3.35. The summed E-state index contributed by atoms with van der Waals surface area (Å²) in [7, 11) is 0. The van der Waals surface area contributed by atoms with E-state index < -0.39 is 0 Å². The van der Waals surface area contributed by atoms with Crippen LogP contribution >= 0.6 is 23.2 Å². The molecule has 0 aromatic heterocycles. The largest absolute Gasteiger partial charge is 0.370 e. The maximum Gasteiger partial charge on any atom is 0.0642 e. The molecule has 1 heterocycles. The van der Waals surface area contributed by atoms with E-state index in [-0.39, 0.29) is 0 Å². The van der Waals surface area contributed by atoms with Crippen LogP contribution in [0.4, 0.5) is 5.69 Å². The van der Waals surface area contributed by atoms with Gasteiger partial charge in [0.05, 0.1) is 10.7 Å². The second-order valence-electron chi connectivity index (χ2n) is 5.30. The highest BCUT2D eigenvalue weighted by Gasteiger charge is 2.35. The minimum atomic E-state index is 0.481. The molecule has 1 saturated heterocycles. The summed E-state index contributed by atoms with van der Waals surface area (Å²) in [6.45, 7) is 6.83. The Morgan fingerprint density at radius 1 is 1.28 bits per heavy atom. The minimum Gasteiger partial charge on any atom is -0.370 e. The molecular weight excluding hydrogens is 265 g/mol. The lowest BCUT2D eigenvalue weighted by Gasteiger charge is -2.27. The number of halogens is 2. The summed E-state index contributed by atoms with van der Waals surface area (Å²) in [6.07, 6.45) is 3.77. The average Bonchev–Trinajstić information content (AvgIpc) is 2.83. The summed E-state index contributed by atoms with van der Waals surface area (Å²) in [5, 5.41) is 0.830. The minimum absolute atomic E-state index is 0.481. The summed E-state index contributed by atoms with van der Waals surface area (Å²) in [5.41, 5.74) is 2.73. The Bertz CT molecular complexity index is 413. The predicted octanol–water partition coefficient (Wildman–Crippen LogP) is 5.10. The van der Waals surface area contributed by atoms with Gasteiger partial charge in [-0.25, -0.2) is 0 Å². The second kappa shape index (κ2) is 5.71. The maximum absolute atomic E-state index is 6.37. The molecule has 18 heavy (non-hydrogen) atoms. The number of hydrogen-bond donors (Lipinski definition) is 0. The Morgan fingerprint density at radius 3 is 2.50 bits per heavy atom. The van der Waals surface area contributed by atoms with Gasteiger partial charge in [0.1, 0.15) is 0 Å². The van der Waals surface area contributed by atoms with E-state index in [4.69, 9.17) is 23.2 Å². The van der Waals surface area contributed by atoms with Gasteiger partial charge in [0, 0.05) is 19.0 Å². The number of anilines is 1. The third-order valence-electron chi connectivity index (χ3n) is 4.45. The van der Waals surface area contributed by atoms with E-state index in [9.17, 15) is 0 Å². The van der Waals surface area contributed by atoms with Gasteiger partial charge in [0.2, 0.25) is 0 Å². The SMILES string of the molecule is CCC1(CC)CCN(c2ccc(CCl)cc2Cl)C1. The molecule has 0 radical (unpaired) electrons. The molecule has 1 aliphatic rings. The fraction of sp³-hybridized carbons (Fsp3) is 0.600. The monoisotopic (exact) mass is 285 g/mol. The molecular formula is C15H21Cl2N. The third-order valence-corrected chi connectivity index (χ3v) is 5.06. The first-order chi connectivity index (χ1) is 8.64. The van der Waals surface area contributed by atoms with Crippen LogP contribution in [0.3, 0.4) is 0 Å². The zero-order chi connectivity index (χ0) is 13.2. The molecule has 1 fully saturated rings. The lowest BCUT2D eigenvalue weighted by atomic mass is 9.82. The molecule has 0 unspecified atom stereocenters. The van der Waals surface area contributed by atoms with Crippen molar-refractivity contribution in [1.82, 2.24) is 0 Å². The number of nitrogens with zero attached hydrogens (tertiary/aromatic N) is 1. The first kappa shape index (κ1) is 14.0. The summed E-state index contributed by atoms with van der Waals surface area (Å²) in [6, 6.07) is 6.18. The smallest absolute Gasteiger partial charge is 0.0642 e. The highest BCUT2D eigenvalue weighted by Crippen LogP contribution is 2.41. The molecule has 2 rings (SSSR count). The van der Waals surface area contributed by atoms with Crippen molar-refractivity contribution in [3.8, 4) is 0 Å². The van der Waals surface area contributed by atoms with Gasteiger partial charge >= 0.3 is 0 Å². The van der Waals surface area contributed by atoms with E-state index in [0.717, 1.165) is 29.4 Å². The number of alkyl halides is 1. The normalized spacial score (nSPS) is 18.3. The lowest BCUT2D eigenvalue weighted by Crippen LogP contribution is -2.26. The summed E-state index contributed by atoms with van der Waals surface area (Å²) in [4.78, 5) is 2.42. The average molecular weight is 286 g/mol. The van der Waals surface area contributed by atoms with Crippen molar-refractivity contribution in [2.24, 2.45) is 5.41 Å². The van der Waals surface area contributed by atoms with Gasteiger partial charge in [-0.15, -0.1) is 11.6 Å². The number of rotatable bonds is 4. The van der Waals surface area contributed by atoms with E-state index in [2.05, 4.69) is 30.9 Å². The highest BCUT2D eigenvalue weighted by atomic mass is 35.5. The van der Waals surface area contributed by atoms with Crippen molar-refractivity contribution in [2.45, 2.75) is 39.0 Å². The molecule has 0 saturated carbocycles. The molecule has 3 heteroatoms. The van der Waals surface area contributed by atoms with Crippen molar-refractivity contribution in [3.63, 3.8) is 0 Å². The van der Waals surface area contributed by atoms with Crippen LogP contribution in [0.2, 0.25) is 5.02 Å². The van der Waals surface area contributed by atoms with Crippen molar-refractivity contribution in [2.75, 3.05) is 18.0 Å². The molecule has 1 aromatic carbocycles. The molecule has 0 amide bonds. The van der Waals surface area contributed by atoms with E-state index in [1.165, 1.54) is 19.3 Å². The zero-order valence-corrected chi connectivity index (χ0v) is 12.7. The fourth-order valence-electron chi connectivity index (χ4n) is 2.86. The van der Waals surface area contributed by atoms with Crippen LogP contribution < -0.4 is 4.90 Å². The van der Waals surface area contributed by atoms with E-state index >= 15 is 0 Å². The quantitative estimate of drug-likeness (QED) is 0.696. The first-order valence-corrected chi connectivity index (χ1v) is 7.64. The van der Waals surface area contributed by atoms with Crippen LogP contribution in [0, 0.1) is 5.41 Å². The highest BCUT2D eigenvalue weighted by molar-refractivity contribution is 6.33. The summed E-state index contributed by atoms with van der Waals surface area (Å²) >= 11 is 12.2. The van der Waals surface area contributed by atoms with Gasteiger partial charge in [-0.2, -0.15) is 0 Å². The molecule has 1 aromatic rings.